The van der Waals surface area contributed by atoms with E-state index in [1.54, 1.807) is 12.2 Å². The Kier molecular flexibility index (Phi) is 4.59. The van der Waals surface area contributed by atoms with Crippen molar-refractivity contribution in [2.45, 2.75) is 13.3 Å². The third kappa shape index (κ3) is 3.43. The van der Waals surface area contributed by atoms with Gasteiger partial charge in [-0.25, -0.2) is 0 Å². The average molecular weight is 213 g/mol. The molecule has 0 saturated heterocycles. The van der Waals surface area contributed by atoms with Crippen molar-refractivity contribution in [3.8, 4) is 0 Å². The van der Waals surface area contributed by atoms with Gasteiger partial charge in [-0.15, -0.1) is 0 Å². The van der Waals surface area contributed by atoms with Crippen molar-refractivity contribution in [2.75, 3.05) is 0 Å². The molecular formula is C15H17O. The van der Waals surface area contributed by atoms with E-state index in [0.717, 1.165) is 17.6 Å². The first-order valence-corrected chi connectivity index (χ1v) is 5.32. The van der Waals surface area contributed by atoms with Gasteiger partial charge in [0.05, 0.1) is 0 Å². The molecule has 0 amide bonds. The second-order valence-corrected chi connectivity index (χ2v) is 3.54. The number of aryl methyl sites for hydroxylation is 1. The van der Waals surface area contributed by atoms with Crippen LogP contribution in [0.4, 0.5) is 0 Å². The molecule has 0 fully saturated rings. The SMILES string of the molecule is [CH2]/C=C(O)\C=C/C(=C)c1ccc(CC)cc1. The van der Waals surface area contributed by atoms with E-state index >= 15 is 0 Å². The Morgan fingerprint density at radius 1 is 1.25 bits per heavy atom. The van der Waals surface area contributed by atoms with Crippen LogP contribution in [0, 0.1) is 6.92 Å². The maximum atomic E-state index is 9.21. The van der Waals surface area contributed by atoms with Crippen molar-refractivity contribution in [1.29, 1.82) is 0 Å². The number of aliphatic hydroxyl groups is 1. The van der Waals surface area contributed by atoms with Crippen LogP contribution in [0.1, 0.15) is 18.1 Å². The molecule has 0 atom stereocenters. The number of allylic oxidation sites excluding steroid dienone is 4. The van der Waals surface area contributed by atoms with Gasteiger partial charge in [0, 0.05) is 0 Å². The van der Waals surface area contributed by atoms with Crippen LogP contribution in [-0.2, 0) is 6.42 Å². The molecule has 0 saturated carbocycles. The van der Waals surface area contributed by atoms with Crippen LogP contribution in [0.15, 0.2) is 54.8 Å². The fourth-order valence-corrected chi connectivity index (χ4v) is 1.30. The first kappa shape index (κ1) is 12.3. The van der Waals surface area contributed by atoms with Crippen molar-refractivity contribution in [3.05, 3.63) is 72.9 Å². The van der Waals surface area contributed by atoms with Crippen molar-refractivity contribution in [2.24, 2.45) is 0 Å². The summed E-state index contributed by atoms with van der Waals surface area (Å²) < 4.78 is 0. The quantitative estimate of drug-likeness (QED) is 0.590. The van der Waals surface area contributed by atoms with Crippen molar-refractivity contribution >= 4 is 5.57 Å². The molecule has 1 nitrogen and oxygen atoms in total. The van der Waals surface area contributed by atoms with E-state index in [1.807, 2.05) is 12.1 Å². The van der Waals surface area contributed by atoms with Crippen LogP contribution >= 0.6 is 0 Å². The summed E-state index contributed by atoms with van der Waals surface area (Å²) in [6.07, 6.45) is 5.79. The van der Waals surface area contributed by atoms with Crippen LogP contribution in [0.2, 0.25) is 0 Å². The highest BCUT2D eigenvalue weighted by Crippen LogP contribution is 2.15. The summed E-state index contributed by atoms with van der Waals surface area (Å²) in [7, 11) is 0. The lowest BCUT2D eigenvalue weighted by atomic mass is 10.0. The molecule has 1 rings (SSSR count). The molecule has 0 aromatic heterocycles. The molecule has 1 aromatic rings. The molecular weight excluding hydrogens is 196 g/mol. The predicted octanol–water partition coefficient (Wildman–Crippen LogP) is 4.09. The van der Waals surface area contributed by atoms with Crippen molar-refractivity contribution in [3.63, 3.8) is 0 Å². The van der Waals surface area contributed by atoms with Crippen LogP contribution in [0.5, 0.6) is 0 Å². The van der Waals surface area contributed by atoms with E-state index in [-0.39, 0.29) is 5.76 Å². The molecule has 1 heteroatoms. The zero-order valence-corrected chi connectivity index (χ0v) is 9.61. The highest BCUT2D eigenvalue weighted by molar-refractivity contribution is 5.72. The van der Waals surface area contributed by atoms with Gasteiger partial charge in [0.15, 0.2) is 0 Å². The van der Waals surface area contributed by atoms with E-state index in [1.165, 1.54) is 11.6 Å². The number of hydrogen-bond donors (Lipinski definition) is 1. The predicted molar refractivity (Wildman–Crippen MR) is 70.1 cm³/mol. The standard InChI is InChI=1S/C15H17O/c1-4-13-7-9-14(10-8-13)12(3)6-11-15(16)5-2/h5-11,16H,2-4H2,1H3/b11-6-,15-5+. The average Bonchev–Trinajstić information content (AvgIpc) is 2.35. The largest absolute Gasteiger partial charge is 0.508 e. The molecule has 83 valence electrons. The Labute approximate surface area is 97.4 Å². The Morgan fingerprint density at radius 3 is 2.38 bits per heavy atom. The Balaban J connectivity index is 2.77. The summed E-state index contributed by atoms with van der Waals surface area (Å²) in [5.41, 5.74) is 3.24. The number of rotatable bonds is 4. The van der Waals surface area contributed by atoms with Gasteiger partial charge in [-0.1, -0.05) is 43.8 Å². The van der Waals surface area contributed by atoms with E-state index in [4.69, 9.17) is 0 Å². The lowest BCUT2D eigenvalue weighted by Gasteiger charge is -2.02. The fraction of sp³-hybridized carbons (Fsp3) is 0.133. The summed E-state index contributed by atoms with van der Waals surface area (Å²) in [6.45, 7) is 9.53. The zero-order valence-electron chi connectivity index (χ0n) is 9.61. The molecule has 0 aliphatic carbocycles. The normalized spacial score (nSPS) is 12.0. The number of aliphatic hydroxyl groups excluding tert-OH is 1. The van der Waals surface area contributed by atoms with Gasteiger partial charge in [0.2, 0.25) is 0 Å². The maximum Gasteiger partial charge on any atom is 0.111 e. The third-order valence-electron chi connectivity index (χ3n) is 2.40. The maximum absolute atomic E-state index is 9.21. The van der Waals surface area contributed by atoms with E-state index < -0.39 is 0 Å². The highest BCUT2D eigenvalue weighted by atomic mass is 16.3. The van der Waals surface area contributed by atoms with Gasteiger partial charge in [-0.3, -0.25) is 0 Å². The van der Waals surface area contributed by atoms with Gasteiger partial charge in [-0.2, -0.15) is 0 Å². The summed E-state index contributed by atoms with van der Waals surface area (Å²) in [5.74, 6) is 0.145. The van der Waals surface area contributed by atoms with Crippen LogP contribution < -0.4 is 0 Å². The lowest BCUT2D eigenvalue weighted by Crippen LogP contribution is -1.83. The fourth-order valence-electron chi connectivity index (χ4n) is 1.30. The van der Waals surface area contributed by atoms with Crippen LogP contribution in [0.25, 0.3) is 5.57 Å². The van der Waals surface area contributed by atoms with Crippen LogP contribution in [-0.4, -0.2) is 5.11 Å². The highest BCUT2D eigenvalue weighted by Gasteiger charge is 1.95. The lowest BCUT2D eigenvalue weighted by molar-refractivity contribution is 0.432. The summed E-state index contributed by atoms with van der Waals surface area (Å²) >= 11 is 0. The molecule has 16 heavy (non-hydrogen) atoms. The van der Waals surface area contributed by atoms with Gasteiger partial charge in [0.1, 0.15) is 5.76 Å². The molecule has 0 spiro atoms. The molecule has 1 N–H and O–H groups in total. The monoisotopic (exact) mass is 213 g/mol. The third-order valence-corrected chi connectivity index (χ3v) is 2.40. The molecule has 0 bridgehead atoms. The molecule has 0 aliphatic heterocycles. The zero-order chi connectivity index (χ0) is 12.0. The molecule has 0 aliphatic rings. The van der Waals surface area contributed by atoms with Gasteiger partial charge in [-0.05, 0) is 42.2 Å². The second-order valence-electron chi connectivity index (χ2n) is 3.54. The van der Waals surface area contributed by atoms with Gasteiger partial charge in [0.25, 0.3) is 0 Å². The van der Waals surface area contributed by atoms with Crippen molar-refractivity contribution in [1.82, 2.24) is 0 Å². The van der Waals surface area contributed by atoms with Crippen molar-refractivity contribution < 1.29 is 5.11 Å². The summed E-state index contributed by atoms with van der Waals surface area (Å²) in [4.78, 5) is 0. The Morgan fingerprint density at radius 2 is 1.88 bits per heavy atom. The second kappa shape index (κ2) is 5.96. The summed E-state index contributed by atoms with van der Waals surface area (Å²) in [5, 5.41) is 9.21. The first-order chi connectivity index (χ1) is 7.67. The number of hydrogen-bond acceptors (Lipinski definition) is 1. The minimum Gasteiger partial charge on any atom is -0.508 e. The first-order valence-electron chi connectivity index (χ1n) is 5.32. The molecule has 1 radical (unpaired) electrons. The van der Waals surface area contributed by atoms with Gasteiger partial charge >= 0.3 is 0 Å². The minimum atomic E-state index is 0.145. The molecule has 0 heterocycles. The number of benzene rings is 1. The van der Waals surface area contributed by atoms with E-state index in [0.29, 0.717) is 0 Å². The molecule has 1 aromatic carbocycles. The molecule has 0 unspecified atom stereocenters. The van der Waals surface area contributed by atoms with Gasteiger partial charge < -0.3 is 5.11 Å². The Hall–Kier alpha value is -1.76. The van der Waals surface area contributed by atoms with E-state index in [9.17, 15) is 5.11 Å². The van der Waals surface area contributed by atoms with Crippen LogP contribution in [0.3, 0.4) is 0 Å². The minimum absolute atomic E-state index is 0.145. The Bertz CT molecular complexity index is 408. The summed E-state index contributed by atoms with van der Waals surface area (Å²) in [6, 6.07) is 8.25. The topological polar surface area (TPSA) is 20.2 Å². The van der Waals surface area contributed by atoms with E-state index in [2.05, 4.69) is 32.6 Å². The smallest absolute Gasteiger partial charge is 0.111 e.